The fourth-order valence-corrected chi connectivity index (χ4v) is 3.14. The minimum absolute atomic E-state index is 0.101. The fourth-order valence-electron chi connectivity index (χ4n) is 2.64. The summed E-state index contributed by atoms with van der Waals surface area (Å²) in [6.07, 6.45) is 0. The molecule has 0 radical (unpaired) electrons. The zero-order valence-electron chi connectivity index (χ0n) is 11.7. The van der Waals surface area contributed by atoms with E-state index >= 15 is 0 Å². The predicted octanol–water partition coefficient (Wildman–Crippen LogP) is 3.25. The molecule has 114 valence electrons. The maximum Gasteiger partial charge on any atom is 0.265 e. The first kappa shape index (κ1) is 15.6. The lowest BCUT2D eigenvalue weighted by Crippen LogP contribution is -2.41. The van der Waals surface area contributed by atoms with Crippen LogP contribution < -0.4 is 5.32 Å². The quantitative estimate of drug-likeness (QED) is 0.878. The first-order valence-corrected chi connectivity index (χ1v) is 7.44. The van der Waals surface area contributed by atoms with Crippen LogP contribution in [-0.4, -0.2) is 11.0 Å². The lowest BCUT2D eigenvalue weighted by atomic mass is 9.89. The standard InChI is InChI=1S/C17H10Cl2N2O2/c18-13-7-3-1-5-10(13)15-11(9-20)16(22)21-17(15,23)12-6-2-4-8-14(12)19/h1-8,23H,(H,21,22). The van der Waals surface area contributed by atoms with Gasteiger partial charge in [-0.15, -0.1) is 0 Å². The van der Waals surface area contributed by atoms with Gasteiger partial charge in [0.05, 0.1) is 0 Å². The molecule has 2 aromatic carbocycles. The van der Waals surface area contributed by atoms with Gasteiger partial charge < -0.3 is 10.4 Å². The molecule has 6 heteroatoms. The maximum absolute atomic E-state index is 12.2. The van der Waals surface area contributed by atoms with Crippen molar-refractivity contribution in [2.45, 2.75) is 5.72 Å². The van der Waals surface area contributed by atoms with Gasteiger partial charge in [0.1, 0.15) is 11.6 Å². The van der Waals surface area contributed by atoms with Gasteiger partial charge >= 0.3 is 0 Å². The maximum atomic E-state index is 12.2. The minimum atomic E-state index is -1.93. The Hall–Kier alpha value is -2.32. The number of nitrogens with zero attached hydrogens (tertiary/aromatic N) is 1. The average Bonchev–Trinajstić information content (AvgIpc) is 2.79. The Bertz CT molecular complexity index is 886. The third-order valence-electron chi connectivity index (χ3n) is 3.65. The summed E-state index contributed by atoms with van der Waals surface area (Å²) in [7, 11) is 0. The summed E-state index contributed by atoms with van der Waals surface area (Å²) in [5.74, 6) is -0.676. The van der Waals surface area contributed by atoms with E-state index in [1.807, 2.05) is 6.07 Å². The van der Waals surface area contributed by atoms with E-state index in [0.717, 1.165) is 0 Å². The second kappa shape index (κ2) is 5.71. The molecule has 2 N–H and O–H groups in total. The molecule has 2 aromatic rings. The topological polar surface area (TPSA) is 73.1 Å². The summed E-state index contributed by atoms with van der Waals surface area (Å²) in [5, 5.41) is 23.5. The third kappa shape index (κ3) is 2.40. The number of hydrogen-bond donors (Lipinski definition) is 2. The van der Waals surface area contributed by atoms with E-state index in [4.69, 9.17) is 23.2 Å². The number of rotatable bonds is 2. The number of amides is 1. The smallest absolute Gasteiger partial charge is 0.265 e. The van der Waals surface area contributed by atoms with Crippen LogP contribution in [0.25, 0.3) is 5.57 Å². The fraction of sp³-hybridized carbons (Fsp3) is 0.0588. The van der Waals surface area contributed by atoms with Crippen molar-refractivity contribution in [3.8, 4) is 6.07 Å². The first-order valence-electron chi connectivity index (χ1n) is 6.68. The molecular formula is C17H10Cl2N2O2. The zero-order chi connectivity index (χ0) is 16.6. The Balaban J connectivity index is 2.33. The van der Waals surface area contributed by atoms with Gasteiger partial charge in [-0.25, -0.2) is 0 Å². The highest BCUT2D eigenvalue weighted by atomic mass is 35.5. The molecular weight excluding hydrogens is 335 g/mol. The summed E-state index contributed by atoms with van der Waals surface area (Å²) < 4.78 is 0. The molecule has 3 rings (SSSR count). The van der Waals surface area contributed by atoms with E-state index < -0.39 is 11.6 Å². The molecule has 0 fully saturated rings. The highest BCUT2D eigenvalue weighted by Crippen LogP contribution is 2.44. The first-order chi connectivity index (χ1) is 11.0. The van der Waals surface area contributed by atoms with E-state index in [-0.39, 0.29) is 21.7 Å². The largest absolute Gasteiger partial charge is 0.363 e. The molecule has 1 aliphatic rings. The van der Waals surface area contributed by atoms with Crippen LogP contribution in [0.4, 0.5) is 0 Å². The summed E-state index contributed by atoms with van der Waals surface area (Å²) in [6, 6.07) is 15.1. The van der Waals surface area contributed by atoms with E-state index in [0.29, 0.717) is 10.6 Å². The van der Waals surface area contributed by atoms with Gasteiger partial charge in [-0.2, -0.15) is 5.26 Å². The van der Waals surface area contributed by atoms with E-state index in [1.54, 1.807) is 48.5 Å². The molecule has 4 nitrogen and oxygen atoms in total. The Kier molecular flexibility index (Phi) is 3.87. The number of carbonyl (C=O) groups is 1. The van der Waals surface area contributed by atoms with Gasteiger partial charge in [0, 0.05) is 26.7 Å². The number of aliphatic hydroxyl groups is 1. The van der Waals surface area contributed by atoms with Crippen LogP contribution in [-0.2, 0) is 10.5 Å². The Morgan fingerprint density at radius 1 is 1.04 bits per heavy atom. The molecule has 1 heterocycles. The van der Waals surface area contributed by atoms with Crippen LogP contribution in [0.15, 0.2) is 54.1 Å². The second-order valence-electron chi connectivity index (χ2n) is 4.99. The van der Waals surface area contributed by atoms with Crippen LogP contribution in [0.5, 0.6) is 0 Å². The van der Waals surface area contributed by atoms with Gasteiger partial charge in [0.25, 0.3) is 5.91 Å². The summed E-state index contributed by atoms with van der Waals surface area (Å²) in [6.45, 7) is 0. The lowest BCUT2D eigenvalue weighted by molar-refractivity contribution is -0.120. The van der Waals surface area contributed by atoms with Crippen molar-refractivity contribution < 1.29 is 9.90 Å². The molecule has 0 saturated heterocycles. The van der Waals surface area contributed by atoms with Crippen molar-refractivity contribution in [2.75, 3.05) is 0 Å². The predicted molar refractivity (Wildman–Crippen MR) is 87.5 cm³/mol. The lowest BCUT2D eigenvalue weighted by Gasteiger charge is -2.28. The SMILES string of the molecule is N#CC1=C(c2ccccc2Cl)C(O)(c2ccccc2Cl)NC1=O. The van der Waals surface area contributed by atoms with Crippen molar-refractivity contribution >= 4 is 34.7 Å². The number of carbonyl (C=O) groups excluding carboxylic acids is 1. The third-order valence-corrected chi connectivity index (χ3v) is 4.31. The number of halogens is 2. The average molecular weight is 345 g/mol. The number of nitrogens with one attached hydrogen (secondary N) is 1. The summed E-state index contributed by atoms with van der Waals surface area (Å²) in [4.78, 5) is 12.2. The molecule has 1 unspecified atom stereocenters. The molecule has 0 aliphatic carbocycles. The summed E-state index contributed by atoms with van der Waals surface area (Å²) >= 11 is 12.4. The van der Waals surface area contributed by atoms with Gasteiger partial charge in [-0.3, -0.25) is 4.79 Å². The molecule has 0 bridgehead atoms. The Morgan fingerprint density at radius 2 is 1.65 bits per heavy atom. The zero-order valence-corrected chi connectivity index (χ0v) is 13.2. The van der Waals surface area contributed by atoms with Gasteiger partial charge in [0.2, 0.25) is 0 Å². The number of hydrogen-bond acceptors (Lipinski definition) is 3. The second-order valence-corrected chi connectivity index (χ2v) is 5.80. The monoisotopic (exact) mass is 344 g/mol. The Labute approximate surface area is 142 Å². The molecule has 0 saturated carbocycles. The van der Waals surface area contributed by atoms with E-state index in [1.165, 1.54) is 0 Å². The van der Waals surface area contributed by atoms with E-state index in [9.17, 15) is 15.2 Å². The van der Waals surface area contributed by atoms with Crippen molar-refractivity contribution in [3.05, 3.63) is 75.3 Å². The van der Waals surface area contributed by atoms with Crippen molar-refractivity contribution in [1.82, 2.24) is 5.32 Å². The molecule has 23 heavy (non-hydrogen) atoms. The highest BCUT2D eigenvalue weighted by molar-refractivity contribution is 6.33. The summed E-state index contributed by atoms with van der Waals surface area (Å²) in [5.41, 5.74) is -1.35. The van der Waals surface area contributed by atoms with Gasteiger partial charge in [-0.1, -0.05) is 59.6 Å². The molecule has 0 aromatic heterocycles. The van der Waals surface area contributed by atoms with Gasteiger partial charge in [-0.05, 0) is 12.1 Å². The van der Waals surface area contributed by atoms with E-state index in [2.05, 4.69) is 5.32 Å². The number of benzene rings is 2. The van der Waals surface area contributed by atoms with Crippen molar-refractivity contribution in [3.63, 3.8) is 0 Å². The van der Waals surface area contributed by atoms with Gasteiger partial charge in [0.15, 0.2) is 5.72 Å². The number of nitriles is 1. The normalized spacial score (nSPS) is 20.3. The van der Waals surface area contributed by atoms with Crippen LogP contribution in [0.3, 0.4) is 0 Å². The van der Waals surface area contributed by atoms with Crippen LogP contribution in [0, 0.1) is 11.3 Å². The van der Waals surface area contributed by atoms with Crippen LogP contribution in [0.2, 0.25) is 10.0 Å². The van der Waals surface area contributed by atoms with Crippen LogP contribution in [0.1, 0.15) is 11.1 Å². The van der Waals surface area contributed by atoms with Crippen molar-refractivity contribution in [2.24, 2.45) is 0 Å². The molecule has 1 aliphatic heterocycles. The highest BCUT2D eigenvalue weighted by Gasteiger charge is 2.47. The molecule has 1 atom stereocenters. The molecule has 0 spiro atoms. The Morgan fingerprint density at radius 3 is 2.26 bits per heavy atom. The van der Waals surface area contributed by atoms with Crippen LogP contribution >= 0.6 is 23.2 Å². The molecule has 1 amide bonds. The minimum Gasteiger partial charge on any atom is -0.363 e. The van der Waals surface area contributed by atoms with Crippen molar-refractivity contribution in [1.29, 1.82) is 5.26 Å².